The molecule has 34 heavy (non-hydrogen) atoms. The number of nitrogens with zero attached hydrogens (tertiary/aromatic N) is 2. The average Bonchev–Trinajstić information content (AvgIpc) is 3.38. The normalized spacial score (nSPS) is 12.4. The predicted octanol–water partition coefficient (Wildman–Crippen LogP) is 6.42. The van der Waals surface area contributed by atoms with Crippen molar-refractivity contribution in [3.8, 4) is 0 Å². The van der Waals surface area contributed by atoms with E-state index in [0.717, 1.165) is 39.1 Å². The van der Waals surface area contributed by atoms with Gasteiger partial charge in [0.15, 0.2) is 0 Å². The van der Waals surface area contributed by atoms with Gasteiger partial charge in [0.2, 0.25) is 0 Å². The maximum absolute atomic E-state index is 11.7. The minimum Gasteiger partial charge on any atom is -0.382 e. The third kappa shape index (κ3) is 3.55. The molecule has 0 radical (unpaired) electrons. The van der Waals surface area contributed by atoms with Gasteiger partial charge in [0.1, 0.15) is 11.6 Å². The van der Waals surface area contributed by atoms with E-state index < -0.39 is 11.6 Å². The van der Waals surface area contributed by atoms with Crippen molar-refractivity contribution in [1.82, 2.24) is 9.55 Å². The highest BCUT2D eigenvalue weighted by atomic mass is 16.3. The second kappa shape index (κ2) is 9.12. The van der Waals surface area contributed by atoms with Gasteiger partial charge in [-0.2, -0.15) is 0 Å². The Bertz CT molecular complexity index is 1280. The molecule has 0 aliphatic rings. The van der Waals surface area contributed by atoms with Crippen LogP contribution in [0.2, 0.25) is 0 Å². The highest BCUT2D eigenvalue weighted by molar-refractivity contribution is 5.52. The van der Waals surface area contributed by atoms with Crippen molar-refractivity contribution in [2.24, 2.45) is 0 Å². The smallest absolute Gasteiger partial charge is 0.122 e. The van der Waals surface area contributed by atoms with Crippen LogP contribution in [-0.2, 0) is 5.54 Å². The number of aliphatic hydroxyl groups excluding tert-OH is 1. The van der Waals surface area contributed by atoms with Gasteiger partial charge in [0.25, 0.3) is 0 Å². The average molecular weight is 445 g/mol. The summed E-state index contributed by atoms with van der Waals surface area (Å²) in [5, 5.41) is 11.7. The van der Waals surface area contributed by atoms with Gasteiger partial charge >= 0.3 is 0 Å². The Hall–Kier alpha value is -3.95. The molecule has 0 aliphatic heterocycles. The summed E-state index contributed by atoms with van der Waals surface area (Å²) in [5.41, 5.74) is 6.46. The number of hydrogen-bond acceptors (Lipinski definition) is 2. The van der Waals surface area contributed by atoms with E-state index in [9.17, 15) is 5.11 Å². The van der Waals surface area contributed by atoms with Crippen LogP contribution in [0.5, 0.6) is 0 Å². The fourth-order valence-corrected chi connectivity index (χ4v) is 4.97. The van der Waals surface area contributed by atoms with Crippen LogP contribution < -0.4 is 0 Å². The van der Waals surface area contributed by atoms with Gasteiger partial charge in [0.05, 0.1) is 18.2 Å². The second-order valence-corrected chi connectivity index (χ2v) is 8.69. The van der Waals surface area contributed by atoms with Crippen molar-refractivity contribution in [2.75, 3.05) is 0 Å². The summed E-state index contributed by atoms with van der Waals surface area (Å²) in [6.45, 7) is 4.14. The Morgan fingerprint density at radius 1 is 0.676 bits per heavy atom. The monoisotopic (exact) mass is 444 g/mol. The molecule has 5 aromatic rings. The Labute approximate surface area is 201 Å². The highest BCUT2D eigenvalue weighted by Crippen LogP contribution is 2.43. The van der Waals surface area contributed by atoms with Gasteiger partial charge in [-0.05, 0) is 47.2 Å². The summed E-state index contributed by atoms with van der Waals surface area (Å²) < 4.78 is 2.14. The van der Waals surface area contributed by atoms with E-state index in [1.807, 2.05) is 36.7 Å². The number of hydrogen-bond donors (Lipinski definition) is 1. The van der Waals surface area contributed by atoms with E-state index >= 15 is 0 Å². The van der Waals surface area contributed by atoms with Gasteiger partial charge < -0.3 is 9.67 Å². The molecule has 0 bridgehead atoms. The van der Waals surface area contributed by atoms with Crippen molar-refractivity contribution < 1.29 is 5.11 Å². The van der Waals surface area contributed by atoms with Gasteiger partial charge in [-0.3, -0.25) is 0 Å². The molecule has 0 spiro atoms. The Kier molecular flexibility index (Phi) is 5.87. The maximum atomic E-state index is 11.7. The minimum absolute atomic E-state index is 0.714. The molecule has 168 valence electrons. The SMILES string of the molecule is Cc1cccc(C(O)c2cncn2C(c2ccccc2)(c2ccccc2)c2ccccc2)c1C. The number of imidazole rings is 1. The van der Waals surface area contributed by atoms with Gasteiger partial charge in [-0.15, -0.1) is 0 Å². The summed E-state index contributed by atoms with van der Waals surface area (Å²) in [7, 11) is 0. The molecule has 1 aromatic heterocycles. The maximum Gasteiger partial charge on any atom is 0.122 e. The summed E-state index contributed by atoms with van der Waals surface area (Å²) >= 11 is 0. The van der Waals surface area contributed by atoms with Crippen molar-refractivity contribution in [3.63, 3.8) is 0 Å². The molecule has 4 aromatic carbocycles. The topological polar surface area (TPSA) is 38.1 Å². The van der Waals surface area contributed by atoms with E-state index in [0.29, 0.717) is 0 Å². The summed E-state index contributed by atoms with van der Waals surface area (Å²) in [4.78, 5) is 4.57. The number of aromatic nitrogens is 2. The molecule has 1 atom stereocenters. The first-order valence-corrected chi connectivity index (χ1v) is 11.6. The fourth-order valence-electron chi connectivity index (χ4n) is 4.97. The van der Waals surface area contributed by atoms with Crippen LogP contribution in [0.25, 0.3) is 0 Å². The molecule has 0 fully saturated rings. The van der Waals surface area contributed by atoms with Crippen LogP contribution in [0.4, 0.5) is 0 Å². The Morgan fingerprint density at radius 3 is 1.68 bits per heavy atom. The van der Waals surface area contributed by atoms with Crippen molar-refractivity contribution in [2.45, 2.75) is 25.5 Å². The second-order valence-electron chi connectivity index (χ2n) is 8.69. The molecule has 0 aliphatic carbocycles. The zero-order chi connectivity index (χ0) is 23.5. The summed E-state index contributed by atoms with van der Waals surface area (Å²) in [5.74, 6) is 0. The summed E-state index contributed by atoms with van der Waals surface area (Å²) in [6, 6.07) is 37.4. The number of aliphatic hydroxyl groups is 1. The van der Waals surface area contributed by atoms with Crippen LogP contribution in [0, 0.1) is 13.8 Å². The molecule has 1 N–H and O–H groups in total. The molecular weight excluding hydrogens is 416 g/mol. The number of aryl methyl sites for hydroxylation is 1. The highest BCUT2D eigenvalue weighted by Gasteiger charge is 2.40. The van der Waals surface area contributed by atoms with Crippen molar-refractivity contribution in [3.05, 3.63) is 161 Å². The van der Waals surface area contributed by atoms with Crippen LogP contribution in [-0.4, -0.2) is 14.7 Å². The zero-order valence-electron chi connectivity index (χ0n) is 19.5. The van der Waals surface area contributed by atoms with E-state index in [2.05, 4.69) is 102 Å². The van der Waals surface area contributed by atoms with Gasteiger partial charge in [-0.1, -0.05) is 109 Å². The predicted molar refractivity (Wildman–Crippen MR) is 137 cm³/mol. The molecule has 3 heteroatoms. The fraction of sp³-hybridized carbons (Fsp3) is 0.129. The number of rotatable bonds is 6. The standard InChI is InChI=1S/C31H28N2O/c1-23-13-12-20-28(24(23)2)30(34)29-21-32-22-33(29)31(25-14-6-3-7-15-25,26-16-8-4-9-17-26)27-18-10-5-11-19-27/h3-22,30,34H,1-2H3. The van der Waals surface area contributed by atoms with Crippen LogP contribution in [0.3, 0.4) is 0 Å². The minimum atomic E-state index is -0.821. The lowest BCUT2D eigenvalue weighted by atomic mass is 9.76. The van der Waals surface area contributed by atoms with Crippen LogP contribution >= 0.6 is 0 Å². The first-order valence-electron chi connectivity index (χ1n) is 11.6. The quantitative estimate of drug-likeness (QED) is 0.307. The first kappa shape index (κ1) is 21.9. The van der Waals surface area contributed by atoms with Crippen molar-refractivity contribution >= 4 is 0 Å². The van der Waals surface area contributed by atoms with E-state index in [4.69, 9.17) is 0 Å². The third-order valence-electron chi connectivity index (χ3n) is 6.82. The molecule has 3 nitrogen and oxygen atoms in total. The lowest BCUT2D eigenvalue weighted by Gasteiger charge is -2.39. The van der Waals surface area contributed by atoms with Gasteiger partial charge in [-0.25, -0.2) is 4.98 Å². The molecule has 0 saturated carbocycles. The molecule has 5 rings (SSSR count). The Morgan fingerprint density at radius 2 is 1.18 bits per heavy atom. The van der Waals surface area contributed by atoms with E-state index in [1.54, 1.807) is 6.20 Å². The van der Waals surface area contributed by atoms with Crippen LogP contribution in [0.15, 0.2) is 122 Å². The number of benzene rings is 4. The lowest BCUT2D eigenvalue weighted by molar-refractivity contribution is 0.205. The molecule has 0 saturated heterocycles. The molecule has 0 amide bonds. The third-order valence-corrected chi connectivity index (χ3v) is 6.82. The first-order chi connectivity index (χ1) is 16.6. The van der Waals surface area contributed by atoms with E-state index in [1.165, 1.54) is 0 Å². The van der Waals surface area contributed by atoms with Crippen molar-refractivity contribution in [1.29, 1.82) is 0 Å². The molecule has 1 heterocycles. The Balaban J connectivity index is 1.84. The zero-order valence-corrected chi connectivity index (χ0v) is 19.5. The summed E-state index contributed by atoms with van der Waals surface area (Å²) in [6.07, 6.45) is 2.81. The van der Waals surface area contributed by atoms with Gasteiger partial charge in [0, 0.05) is 0 Å². The molecule has 1 unspecified atom stereocenters. The van der Waals surface area contributed by atoms with E-state index in [-0.39, 0.29) is 0 Å². The lowest BCUT2D eigenvalue weighted by Crippen LogP contribution is -2.39. The van der Waals surface area contributed by atoms with Crippen LogP contribution in [0.1, 0.15) is 45.2 Å². The molecular formula is C31H28N2O. The largest absolute Gasteiger partial charge is 0.382 e.